The topological polar surface area (TPSA) is 60.4 Å². The number of alkyl halides is 1. The van der Waals surface area contributed by atoms with E-state index in [9.17, 15) is 14.4 Å². The summed E-state index contributed by atoms with van der Waals surface area (Å²) in [5, 5.41) is 0. The lowest BCUT2D eigenvalue weighted by atomic mass is 9.39. The fourth-order valence-electron chi connectivity index (χ4n) is 9.64. The van der Waals surface area contributed by atoms with Crippen LogP contribution in [0.2, 0.25) is 0 Å². The maximum Gasteiger partial charge on any atom is 0.312 e. The molecule has 0 heterocycles. The number of hydrogen-bond donors (Lipinski definition) is 0. The number of carbonyl (C=O) groups is 3. The largest absolute Gasteiger partial charge is 0.469 e. The van der Waals surface area contributed by atoms with Crippen molar-refractivity contribution in [3.63, 3.8) is 0 Å². The van der Waals surface area contributed by atoms with Crippen molar-refractivity contribution in [2.75, 3.05) is 7.11 Å². The van der Waals surface area contributed by atoms with Crippen molar-refractivity contribution in [1.29, 1.82) is 0 Å². The molecule has 4 nitrogen and oxygen atoms in total. The number of methoxy groups -OCH3 is 1. The Morgan fingerprint density at radius 3 is 2.32 bits per heavy atom. The van der Waals surface area contributed by atoms with Gasteiger partial charge in [-0.2, -0.15) is 0 Å². The average molecular weight is 581 g/mol. The monoisotopic (exact) mass is 580 g/mol. The number of fused-ring (bicyclic) bond motifs is 7. The van der Waals surface area contributed by atoms with Crippen LogP contribution >= 0.6 is 22.6 Å². The minimum atomic E-state index is -0.512. The van der Waals surface area contributed by atoms with Crippen LogP contribution in [0.25, 0.3) is 0 Å². The van der Waals surface area contributed by atoms with Crippen LogP contribution in [0.1, 0.15) is 92.4 Å². The van der Waals surface area contributed by atoms with E-state index in [2.05, 4.69) is 57.2 Å². The zero-order valence-electron chi connectivity index (χ0n) is 21.8. The minimum absolute atomic E-state index is 0.0409. The highest BCUT2D eigenvalue weighted by Gasteiger charge is 2.67. The van der Waals surface area contributed by atoms with Crippen LogP contribution in [0.15, 0.2) is 11.6 Å². The number of esters is 1. The van der Waals surface area contributed by atoms with E-state index in [1.165, 1.54) is 12.7 Å². The molecule has 0 amide bonds. The molecule has 0 N–H and O–H groups in total. The van der Waals surface area contributed by atoms with E-state index in [4.69, 9.17) is 4.74 Å². The third-order valence-corrected chi connectivity index (χ3v) is 12.9. The fourth-order valence-corrected chi connectivity index (χ4v) is 10.9. The van der Waals surface area contributed by atoms with Crippen molar-refractivity contribution in [2.24, 2.45) is 45.3 Å². The van der Waals surface area contributed by atoms with Gasteiger partial charge in [-0.15, -0.1) is 0 Å². The quantitative estimate of drug-likeness (QED) is 0.202. The molecular formula is C29H41IO4. The average Bonchev–Trinajstić information content (AvgIpc) is 2.76. The van der Waals surface area contributed by atoms with Crippen LogP contribution in [0, 0.1) is 45.3 Å². The lowest BCUT2D eigenvalue weighted by Gasteiger charge is -2.65. The van der Waals surface area contributed by atoms with Crippen LogP contribution in [0.3, 0.4) is 0 Å². The molecule has 188 valence electrons. The van der Waals surface area contributed by atoms with Gasteiger partial charge in [0.15, 0.2) is 5.78 Å². The van der Waals surface area contributed by atoms with Crippen LogP contribution in [0.4, 0.5) is 0 Å². The maximum atomic E-state index is 14.1. The number of allylic oxidation sites excluding steroid dienone is 2. The smallest absolute Gasteiger partial charge is 0.312 e. The van der Waals surface area contributed by atoms with Gasteiger partial charge in [-0.25, -0.2) is 0 Å². The number of carbonyl (C=O) groups excluding carboxylic acids is 3. The van der Waals surface area contributed by atoms with Crippen molar-refractivity contribution in [1.82, 2.24) is 0 Å². The Hall–Kier alpha value is -0.720. The first-order valence-electron chi connectivity index (χ1n) is 13.3. The van der Waals surface area contributed by atoms with E-state index in [1.807, 2.05) is 6.08 Å². The van der Waals surface area contributed by atoms with E-state index < -0.39 is 5.41 Å². The molecule has 0 spiro atoms. The van der Waals surface area contributed by atoms with Crippen molar-refractivity contribution < 1.29 is 19.1 Å². The van der Waals surface area contributed by atoms with Gasteiger partial charge in [-0.1, -0.05) is 55.9 Å². The second-order valence-corrected chi connectivity index (χ2v) is 15.9. The summed E-state index contributed by atoms with van der Waals surface area (Å²) >= 11 is 2.40. The number of hydrogen-bond acceptors (Lipinski definition) is 4. The van der Waals surface area contributed by atoms with E-state index in [-0.39, 0.29) is 55.1 Å². The van der Waals surface area contributed by atoms with Crippen LogP contribution in [0.5, 0.6) is 0 Å². The first-order valence-corrected chi connectivity index (χ1v) is 14.4. The predicted octanol–water partition coefficient (Wildman–Crippen LogP) is 6.49. The molecule has 0 aromatic rings. The van der Waals surface area contributed by atoms with E-state index in [1.54, 1.807) is 0 Å². The maximum absolute atomic E-state index is 14.1. The SMILES string of the molecule is COC(=O)C12CCC3C(C(=O)C=C4C3(C)CCC3C(C)(I)C(=O)CCC43C)C1CC(C)(C)CC2. The highest BCUT2D eigenvalue weighted by molar-refractivity contribution is 14.1. The van der Waals surface area contributed by atoms with Crippen LogP contribution in [-0.4, -0.2) is 28.1 Å². The summed E-state index contributed by atoms with van der Waals surface area (Å²) in [4.78, 5) is 40.2. The van der Waals surface area contributed by atoms with E-state index >= 15 is 0 Å². The highest BCUT2D eigenvalue weighted by Crippen LogP contribution is 2.70. The standard InChI is InChI=1S/C29H41IO4/c1-25(2)13-14-29(24(33)34-6)12-7-17-23(18(29)16-25)19(31)15-21-26(17,3)10-8-20-27(21,4)11-9-22(32)28(20,5)30/h15,17-18,20,23H,7-14,16H2,1-6H3. The van der Waals surface area contributed by atoms with Crippen molar-refractivity contribution in [3.05, 3.63) is 11.6 Å². The molecule has 0 saturated heterocycles. The number of halogens is 1. The summed E-state index contributed by atoms with van der Waals surface area (Å²) in [6, 6.07) is 0. The molecule has 34 heavy (non-hydrogen) atoms. The Morgan fingerprint density at radius 1 is 0.941 bits per heavy atom. The Kier molecular flexibility index (Phi) is 5.61. The normalized spacial score (nSPS) is 49.7. The van der Waals surface area contributed by atoms with Gasteiger partial charge in [0, 0.05) is 12.3 Å². The molecule has 4 fully saturated rings. The fraction of sp³-hybridized carbons (Fsp3) is 0.828. The van der Waals surface area contributed by atoms with Gasteiger partial charge in [0.25, 0.3) is 0 Å². The molecule has 0 aliphatic heterocycles. The molecule has 8 unspecified atom stereocenters. The highest BCUT2D eigenvalue weighted by atomic mass is 127. The van der Waals surface area contributed by atoms with E-state index in [0.717, 1.165) is 51.4 Å². The summed E-state index contributed by atoms with van der Waals surface area (Å²) in [5.41, 5.74) is 0.785. The summed E-state index contributed by atoms with van der Waals surface area (Å²) < 4.78 is 5.02. The number of Topliss-reactive ketones (excluding diaryl/α,β-unsaturated/α-hetero) is 1. The Bertz CT molecular complexity index is 979. The lowest BCUT2D eigenvalue weighted by molar-refractivity contribution is -0.178. The third-order valence-electron chi connectivity index (χ3n) is 11.5. The molecule has 4 saturated carbocycles. The summed E-state index contributed by atoms with van der Waals surface area (Å²) in [6.45, 7) is 11.4. The third kappa shape index (κ3) is 3.16. The lowest BCUT2D eigenvalue weighted by Crippen LogP contribution is -2.62. The van der Waals surface area contributed by atoms with Crippen molar-refractivity contribution in [3.8, 4) is 0 Å². The van der Waals surface area contributed by atoms with Gasteiger partial charge in [-0.3, -0.25) is 14.4 Å². The Balaban J connectivity index is 1.61. The number of rotatable bonds is 1. The van der Waals surface area contributed by atoms with Gasteiger partial charge in [0.2, 0.25) is 0 Å². The first kappa shape index (κ1) is 25.0. The molecule has 5 rings (SSSR count). The van der Waals surface area contributed by atoms with E-state index in [0.29, 0.717) is 12.2 Å². The Morgan fingerprint density at radius 2 is 1.65 bits per heavy atom. The molecular weight excluding hydrogens is 539 g/mol. The van der Waals surface area contributed by atoms with Gasteiger partial charge in [0.05, 0.1) is 15.9 Å². The molecule has 5 heteroatoms. The molecule has 0 aromatic heterocycles. The van der Waals surface area contributed by atoms with Crippen LogP contribution in [-0.2, 0) is 19.1 Å². The van der Waals surface area contributed by atoms with Gasteiger partial charge < -0.3 is 4.74 Å². The second-order valence-electron chi connectivity index (χ2n) is 13.7. The summed E-state index contributed by atoms with van der Waals surface area (Å²) in [7, 11) is 1.51. The first-order chi connectivity index (χ1) is 15.7. The molecule has 0 bridgehead atoms. The Labute approximate surface area is 218 Å². The van der Waals surface area contributed by atoms with Crippen molar-refractivity contribution in [2.45, 2.75) is 95.8 Å². The second kappa shape index (κ2) is 7.64. The molecule has 0 radical (unpaired) electrons. The minimum Gasteiger partial charge on any atom is -0.469 e. The number of ether oxygens (including phenoxy) is 1. The zero-order valence-corrected chi connectivity index (χ0v) is 23.9. The molecule has 8 atom stereocenters. The number of ketones is 2. The van der Waals surface area contributed by atoms with Gasteiger partial charge in [-0.05, 0) is 98.4 Å². The predicted molar refractivity (Wildman–Crippen MR) is 140 cm³/mol. The van der Waals surface area contributed by atoms with Gasteiger partial charge in [0.1, 0.15) is 5.78 Å². The molecule has 5 aliphatic rings. The molecule has 5 aliphatic carbocycles. The molecule has 0 aromatic carbocycles. The summed E-state index contributed by atoms with van der Waals surface area (Å²) in [5.74, 6) is 1.01. The summed E-state index contributed by atoms with van der Waals surface area (Å²) in [6.07, 6.45) is 10.0. The van der Waals surface area contributed by atoms with Crippen LogP contribution < -0.4 is 0 Å². The van der Waals surface area contributed by atoms with Crippen molar-refractivity contribution >= 4 is 40.1 Å². The zero-order chi connectivity index (χ0) is 24.9. The van der Waals surface area contributed by atoms with Gasteiger partial charge >= 0.3 is 5.97 Å².